The van der Waals surface area contributed by atoms with Crippen LogP contribution in [0, 0.1) is 0 Å². The third-order valence-corrected chi connectivity index (χ3v) is 2.29. The van der Waals surface area contributed by atoms with Gasteiger partial charge in [0.25, 0.3) is 5.91 Å². The number of esters is 1. The number of pyridine rings is 1. The molecule has 0 aliphatic heterocycles. The predicted octanol–water partition coefficient (Wildman–Crippen LogP) is 1.77. The van der Waals surface area contributed by atoms with Crippen molar-refractivity contribution in [2.24, 2.45) is 0 Å². The SMILES string of the molecule is COC(=O)c1cc(Br)cc(C(=O)NC(C)C)n1. The van der Waals surface area contributed by atoms with E-state index in [0.717, 1.165) is 0 Å². The van der Waals surface area contributed by atoms with Crippen molar-refractivity contribution < 1.29 is 14.3 Å². The molecule has 0 spiro atoms. The number of nitrogens with zero attached hydrogens (tertiary/aromatic N) is 1. The molecule has 1 aromatic heterocycles. The second-order valence-corrected chi connectivity index (χ2v) is 4.59. The summed E-state index contributed by atoms with van der Waals surface area (Å²) in [5.74, 6) is -0.906. The Hall–Kier alpha value is -1.43. The lowest BCUT2D eigenvalue weighted by molar-refractivity contribution is 0.0594. The molecule has 0 bridgehead atoms. The Morgan fingerprint density at radius 2 is 1.94 bits per heavy atom. The minimum absolute atomic E-state index is 0.00450. The summed E-state index contributed by atoms with van der Waals surface area (Å²) in [6, 6.07) is 3.05. The van der Waals surface area contributed by atoms with Gasteiger partial charge < -0.3 is 10.1 Å². The first-order valence-corrected chi connectivity index (χ1v) is 5.80. The first-order valence-electron chi connectivity index (χ1n) is 5.00. The Balaban J connectivity index is 3.05. The molecule has 6 heteroatoms. The van der Waals surface area contributed by atoms with Crippen molar-refractivity contribution in [2.75, 3.05) is 7.11 Å². The first-order chi connectivity index (χ1) is 7.93. The minimum Gasteiger partial charge on any atom is -0.464 e. The smallest absolute Gasteiger partial charge is 0.356 e. The van der Waals surface area contributed by atoms with E-state index in [1.54, 1.807) is 6.07 Å². The number of aromatic nitrogens is 1. The lowest BCUT2D eigenvalue weighted by atomic mass is 10.2. The fourth-order valence-electron chi connectivity index (χ4n) is 1.16. The maximum absolute atomic E-state index is 11.7. The van der Waals surface area contributed by atoms with Crippen LogP contribution in [0.15, 0.2) is 16.6 Å². The van der Waals surface area contributed by atoms with Crippen LogP contribution in [0.3, 0.4) is 0 Å². The summed E-state index contributed by atoms with van der Waals surface area (Å²) >= 11 is 3.22. The van der Waals surface area contributed by atoms with Crippen LogP contribution in [0.5, 0.6) is 0 Å². The highest BCUT2D eigenvalue weighted by atomic mass is 79.9. The van der Waals surface area contributed by atoms with Crippen LogP contribution in [0.25, 0.3) is 0 Å². The minimum atomic E-state index is -0.579. The van der Waals surface area contributed by atoms with Gasteiger partial charge in [-0.3, -0.25) is 4.79 Å². The number of rotatable bonds is 3. The van der Waals surface area contributed by atoms with E-state index in [2.05, 4.69) is 31.0 Å². The van der Waals surface area contributed by atoms with E-state index in [4.69, 9.17) is 0 Å². The molecule has 0 aromatic carbocycles. The van der Waals surface area contributed by atoms with Crippen molar-refractivity contribution in [3.05, 3.63) is 28.0 Å². The highest BCUT2D eigenvalue weighted by molar-refractivity contribution is 9.10. The Morgan fingerprint density at radius 1 is 1.35 bits per heavy atom. The van der Waals surface area contributed by atoms with Gasteiger partial charge in [-0.1, -0.05) is 15.9 Å². The number of amides is 1. The van der Waals surface area contributed by atoms with Crippen LogP contribution in [0.4, 0.5) is 0 Å². The van der Waals surface area contributed by atoms with Crippen LogP contribution in [0.1, 0.15) is 34.8 Å². The fraction of sp³-hybridized carbons (Fsp3) is 0.364. The largest absolute Gasteiger partial charge is 0.464 e. The van der Waals surface area contributed by atoms with E-state index in [-0.39, 0.29) is 23.3 Å². The average Bonchev–Trinajstić information content (AvgIpc) is 2.26. The molecule has 0 aliphatic rings. The molecule has 5 nitrogen and oxygen atoms in total. The molecule has 1 rings (SSSR count). The summed E-state index contributed by atoms with van der Waals surface area (Å²) < 4.78 is 5.15. The number of halogens is 1. The van der Waals surface area contributed by atoms with Crippen LogP contribution in [-0.2, 0) is 4.74 Å². The number of nitrogens with one attached hydrogen (secondary N) is 1. The third-order valence-electron chi connectivity index (χ3n) is 1.84. The number of carbonyl (C=O) groups excluding carboxylic acids is 2. The topological polar surface area (TPSA) is 68.3 Å². The molecule has 0 aliphatic carbocycles. The zero-order valence-electron chi connectivity index (χ0n) is 9.78. The maximum atomic E-state index is 11.7. The number of hydrogen-bond acceptors (Lipinski definition) is 4. The Kier molecular flexibility index (Phi) is 4.62. The molecule has 0 saturated heterocycles. The second kappa shape index (κ2) is 5.77. The van der Waals surface area contributed by atoms with E-state index in [1.165, 1.54) is 13.2 Å². The molecular formula is C11H13BrN2O3. The molecular weight excluding hydrogens is 288 g/mol. The predicted molar refractivity (Wildman–Crippen MR) is 65.9 cm³/mol. The van der Waals surface area contributed by atoms with Gasteiger partial charge >= 0.3 is 5.97 Å². The van der Waals surface area contributed by atoms with Gasteiger partial charge in [-0.15, -0.1) is 0 Å². The lowest BCUT2D eigenvalue weighted by Gasteiger charge is -2.08. The second-order valence-electron chi connectivity index (χ2n) is 3.68. The van der Waals surface area contributed by atoms with Gasteiger partial charge in [0.1, 0.15) is 11.4 Å². The van der Waals surface area contributed by atoms with Gasteiger partial charge in [0.05, 0.1) is 7.11 Å². The molecule has 0 radical (unpaired) electrons. The summed E-state index contributed by atoms with van der Waals surface area (Å²) in [6.07, 6.45) is 0. The Morgan fingerprint density at radius 3 is 2.47 bits per heavy atom. The van der Waals surface area contributed by atoms with Crippen molar-refractivity contribution in [1.82, 2.24) is 10.3 Å². The number of carbonyl (C=O) groups is 2. The van der Waals surface area contributed by atoms with Gasteiger partial charge in [0, 0.05) is 10.5 Å². The van der Waals surface area contributed by atoms with Gasteiger partial charge in [0.2, 0.25) is 0 Å². The van der Waals surface area contributed by atoms with Crippen LogP contribution in [0.2, 0.25) is 0 Å². The van der Waals surface area contributed by atoms with Crippen molar-refractivity contribution in [1.29, 1.82) is 0 Å². The zero-order chi connectivity index (χ0) is 13.0. The number of hydrogen-bond donors (Lipinski definition) is 1. The highest BCUT2D eigenvalue weighted by Gasteiger charge is 2.14. The van der Waals surface area contributed by atoms with Crippen molar-refractivity contribution in [2.45, 2.75) is 19.9 Å². The molecule has 1 heterocycles. The summed E-state index contributed by atoms with van der Waals surface area (Å²) in [6.45, 7) is 3.69. The molecule has 0 unspecified atom stereocenters. The standard InChI is InChI=1S/C11H13BrN2O3/c1-6(2)13-10(15)8-4-7(12)5-9(14-8)11(16)17-3/h4-6H,1-3H3,(H,13,15). The maximum Gasteiger partial charge on any atom is 0.356 e. The zero-order valence-corrected chi connectivity index (χ0v) is 11.4. The molecule has 92 valence electrons. The quantitative estimate of drug-likeness (QED) is 0.864. The van der Waals surface area contributed by atoms with Gasteiger partial charge in [-0.05, 0) is 26.0 Å². The molecule has 1 N–H and O–H groups in total. The molecule has 17 heavy (non-hydrogen) atoms. The first kappa shape index (κ1) is 13.6. The number of ether oxygens (including phenoxy) is 1. The highest BCUT2D eigenvalue weighted by Crippen LogP contribution is 2.13. The van der Waals surface area contributed by atoms with E-state index >= 15 is 0 Å². The van der Waals surface area contributed by atoms with Crippen LogP contribution >= 0.6 is 15.9 Å². The van der Waals surface area contributed by atoms with Crippen LogP contribution in [-0.4, -0.2) is 30.0 Å². The Labute approximate surface area is 108 Å². The molecule has 0 atom stereocenters. The van der Waals surface area contributed by atoms with E-state index in [1.807, 2.05) is 13.8 Å². The summed E-state index contributed by atoms with van der Waals surface area (Å²) in [4.78, 5) is 27.0. The summed E-state index contributed by atoms with van der Waals surface area (Å²) in [5.41, 5.74) is 0.268. The molecule has 0 fully saturated rings. The molecule has 0 saturated carbocycles. The van der Waals surface area contributed by atoms with E-state index < -0.39 is 5.97 Å². The van der Waals surface area contributed by atoms with Gasteiger partial charge in [0.15, 0.2) is 0 Å². The summed E-state index contributed by atoms with van der Waals surface area (Å²) in [7, 11) is 1.26. The average molecular weight is 301 g/mol. The van der Waals surface area contributed by atoms with Gasteiger partial charge in [-0.25, -0.2) is 9.78 Å². The van der Waals surface area contributed by atoms with Crippen molar-refractivity contribution in [3.63, 3.8) is 0 Å². The van der Waals surface area contributed by atoms with Crippen molar-refractivity contribution >= 4 is 27.8 Å². The lowest BCUT2D eigenvalue weighted by Crippen LogP contribution is -2.31. The third kappa shape index (κ3) is 3.81. The van der Waals surface area contributed by atoms with Crippen molar-refractivity contribution in [3.8, 4) is 0 Å². The van der Waals surface area contributed by atoms with E-state index in [0.29, 0.717) is 4.47 Å². The summed E-state index contributed by atoms with van der Waals surface area (Å²) in [5, 5.41) is 2.70. The fourth-order valence-corrected chi connectivity index (χ4v) is 1.59. The normalized spacial score (nSPS) is 10.2. The molecule has 1 aromatic rings. The van der Waals surface area contributed by atoms with Crippen LogP contribution < -0.4 is 5.32 Å². The number of methoxy groups -OCH3 is 1. The molecule has 1 amide bonds. The monoisotopic (exact) mass is 300 g/mol. The van der Waals surface area contributed by atoms with Gasteiger partial charge in [-0.2, -0.15) is 0 Å². The Bertz CT molecular complexity index is 446. The van der Waals surface area contributed by atoms with E-state index in [9.17, 15) is 9.59 Å².